The average Bonchev–Trinajstić information content (AvgIpc) is 2.46. The molecule has 0 saturated carbocycles. The second kappa shape index (κ2) is 6.69. The predicted octanol–water partition coefficient (Wildman–Crippen LogP) is 3.67. The van der Waals surface area contributed by atoms with Crippen LogP contribution in [0.2, 0.25) is 0 Å². The van der Waals surface area contributed by atoms with E-state index in [2.05, 4.69) is 27.9 Å². The number of nitrogens with one attached hydrogen (secondary N) is 1. The topological polar surface area (TPSA) is 115 Å². The summed E-state index contributed by atoms with van der Waals surface area (Å²) in [6.45, 7) is 1.38. The first-order valence-corrected chi connectivity index (χ1v) is 7.38. The number of non-ortho nitro benzene ring substituents is 1. The molecule has 0 aromatic heterocycles. The molecule has 0 aliphatic rings. The van der Waals surface area contributed by atoms with Gasteiger partial charge in [0.2, 0.25) is 0 Å². The molecule has 9 heteroatoms. The van der Waals surface area contributed by atoms with Crippen LogP contribution >= 0.6 is 22.6 Å². The summed E-state index contributed by atoms with van der Waals surface area (Å²) in [5.41, 5.74) is -0.508. The summed E-state index contributed by atoms with van der Waals surface area (Å²) in [7, 11) is 0. The highest BCUT2D eigenvalue weighted by Crippen LogP contribution is 2.28. The Hall–Kier alpha value is -2.56. The zero-order valence-corrected chi connectivity index (χ0v) is 13.9. The number of halogens is 1. The SMILES string of the molecule is Cc1c(C(=O)Nc2cccc(I)c2)cc([N+](=O)[O-])cc1[N+](=O)[O-]. The summed E-state index contributed by atoms with van der Waals surface area (Å²) < 4.78 is 0.891. The van der Waals surface area contributed by atoms with Crippen molar-refractivity contribution >= 4 is 45.6 Å². The third-order valence-electron chi connectivity index (χ3n) is 3.10. The first-order chi connectivity index (χ1) is 10.8. The van der Waals surface area contributed by atoms with Gasteiger partial charge in [-0.25, -0.2) is 0 Å². The van der Waals surface area contributed by atoms with Crippen LogP contribution in [0, 0.1) is 30.7 Å². The molecule has 23 heavy (non-hydrogen) atoms. The largest absolute Gasteiger partial charge is 0.322 e. The van der Waals surface area contributed by atoms with Crippen LogP contribution in [0.4, 0.5) is 17.1 Å². The smallest absolute Gasteiger partial charge is 0.279 e. The van der Waals surface area contributed by atoms with Crippen molar-refractivity contribution in [2.45, 2.75) is 6.92 Å². The molecule has 0 saturated heterocycles. The quantitative estimate of drug-likeness (QED) is 0.454. The summed E-state index contributed by atoms with van der Waals surface area (Å²) in [4.78, 5) is 32.8. The van der Waals surface area contributed by atoms with Crippen LogP contribution in [0.1, 0.15) is 15.9 Å². The monoisotopic (exact) mass is 427 g/mol. The highest BCUT2D eigenvalue weighted by atomic mass is 127. The highest BCUT2D eigenvalue weighted by molar-refractivity contribution is 14.1. The minimum absolute atomic E-state index is 0.0729. The zero-order chi connectivity index (χ0) is 17.1. The Bertz CT molecular complexity index is 822. The fraction of sp³-hybridized carbons (Fsp3) is 0.0714. The van der Waals surface area contributed by atoms with E-state index in [1.807, 2.05) is 6.07 Å². The van der Waals surface area contributed by atoms with E-state index >= 15 is 0 Å². The molecular formula is C14H10IN3O5. The molecular weight excluding hydrogens is 417 g/mol. The van der Waals surface area contributed by atoms with Gasteiger partial charge in [0.15, 0.2) is 0 Å². The van der Waals surface area contributed by atoms with Crippen molar-refractivity contribution < 1.29 is 14.6 Å². The number of rotatable bonds is 4. The molecule has 0 radical (unpaired) electrons. The van der Waals surface area contributed by atoms with Gasteiger partial charge in [-0.2, -0.15) is 0 Å². The third-order valence-corrected chi connectivity index (χ3v) is 3.77. The number of benzene rings is 2. The number of carbonyl (C=O) groups is 1. The van der Waals surface area contributed by atoms with Gasteiger partial charge in [-0.3, -0.25) is 25.0 Å². The maximum Gasteiger partial charge on any atom is 0.279 e. The number of nitro benzene ring substituents is 2. The maximum absolute atomic E-state index is 12.3. The zero-order valence-electron chi connectivity index (χ0n) is 11.8. The molecule has 0 atom stereocenters. The van der Waals surface area contributed by atoms with Crippen molar-refractivity contribution in [1.29, 1.82) is 0 Å². The maximum atomic E-state index is 12.3. The second-order valence-electron chi connectivity index (χ2n) is 4.62. The lowest BCUT2D eigenvalue weighted by Crippen LogP contribution is -2.14. The lowest BCUT2D eigenvalue weighted by molar-refractivity contribution is -0.394. The fourth-order valence-electron chi connectivity index (χ4n) is 1.98. The normalized spacial score (nSPS) is 10.2. The van der Waals surface area contributed by atoms with Crippen LogP contribution in [-0.2, 0) is 0 Å². The first-order valence-electron chi connectivity index (χ1n) is 6.30. The Labute approximate surface area is 143 Å². The molecule has 0 spiro atoms. The number of carbonyl (C=O) groups excluding carboxylic acids is 1. The van der Waals surface area contributed by atoms with E-state index in [1.54, 1.807) is 18.2 Å². The lowest BCUT2D eigenvalue weighted by Gasteiger charge is -2.08. The number of nitrogens with zero attached hydrogens (tertiary/aromatic N) is 2. The van der Waals surface area contributed by atoms with Crippen LogP contribution in [0.25, 0.3) is 0 Å². The fourth-order valence-corrected chi connectivity index (χ4v) is 2.52. The Morgan fingerprint density at radius 1 is 1.13 bits per heavy atom. The molecule has 1 amide bonds. The average molecular weight is 427 g/mol. The van der Waals surface area contributed by atoms with Crippen molar-refractivity contribution in [1.82, 2.24) is 0 Å². The van der Waals surface area contributed by atoms with Crippen molar-refractivity contribution in [3.63, 3.8) is 0 Å². The van der Waals surface area contributed by atoms with Crippen LogP contribution in [0.15, 0.2) is 36.4 Å². The standard InChI is InChI=1S/C14H10IN3O5/c1-8-12(6-11(17(20)21)7-13(8)18(22)23)14(19)16-10-4-2-3-9(15)5-10/h2-7H,1H3,(H,16,19). The van der Waals surface area contributed by atoms with E-state index in [4.69, 9.17) is 0 Å². The molecule has 0 fully saturated rings. The molecule has 0 bridgehead atoms. The van der Waals surface area contributed by atoms with Crippen LogP contribution < -0.4 is 5.32 Å². The predicted molar refractivity (Wildman–Crippen MR) is 91.6 cm³/mol. The van der Waals surface area contributed by atoms with Gasteiger partial charge in [-0.15, -0.1) is 0 Å². The Morgan fingerprint density at radius 2 is 1.83 bits per heavy atom. The molecule has 0 heterocycles. The number of nitro groups is 2. The van der Waals surface area contributed by atoms with Gasteiger partial charge >= 0.3 is 0 Å². The summed E-state index contributed by atoms with van der Waals surface area (Å²) in [6.07, 6.45) is 0. The van der Waals surface area contributed by atoms with Crippen molar-refractivity contribution in [2.24, 2.45) is 0 Å². The van der Waals surface area contributed by atoms with Crippen molar-refractivity contribution in [3.05, 3.63) is 71.3 Å². The van der Waals surface area contributed by atoms with Gasteiger partial charge in [-0.1, -0.05) is 6.07 Å². The molecule has 0 unspecified atom stereocenters. The highest BCUT2D eigenvalue weighted by Gasteiger charge is 2.24. The number of hydrogen-bond donors (Lipinski definition) is 1. The Kier molecular flexibility index (Phi) is 4.89. The van der Waals surface area contributed by atoms with Crippen LogP contribution in [0.3, 0.4) is 0 Å². The minimum atomic E-state index is -0.769. The number of hydrogen-bond acceptors (Lipinski definition) is 5. The van der Waals surface area contributed by atoms with Gasteiger partial charge in [-0.05, 0) is 47.7 Å². The third kappa shape index (κ3) is 3.80. The van der Waals surface area contributed by atoms with E-state index in [0.29, 0.717) is 5.69 Å². The Morgan fingerprint density at radius 3 is 2.39 bits per heavy atom. The summed E-state index contributed by atoms with van der Waals surface area (Å²) in [5, 5.41) is 24.5. The lowest BCUT2D eigenvalue weighted by atomic mass is 10.0. The van der Waals surface area contributed by atoms with E-state index < -0.39 is 27.1 Å². The van der Waals surface area contributed by atoms with Gasteiger partial charge in [0.25, 0.3) is 17.3 Å². The summed E-state index contributed by atoms with van der Waals surface area (Å²) in [6, 6.07) is 8.81. The molecule has 2 rings (SSSR count). The van der Waals surface area contributed by atoms with Gasteiger partial charge in [0.1, 0.15) is 0 Å². The minimum Gasteiger partial charge on any atom is -0.322 e. The molecule has 118 valence electrons. The second-order valence-corrected chi connectivity index (χ2v) is 5.86. The Balaban J connectivity index is 2.46. The summed E-state index contributed by atoms with van der Waals surface area (Å²) >= 11 is 2.07. The van der Waals surface area contributed by atoms with Crippen LogP contribution in [-0.4, -0.2) is 15.8 Å². The van der Waals surface area contributed by atoms with E-state index in [9.17, 15) is 25.0 Å². The molecule has 2 aromatic rings. The van der Waals surface area contributed by atoms with Gasteiger partial charge < -0.3 is 5.32 Å². The molecule has 1 N–H and O–H groups in total. The van der Waals surface area contributed by atoms with Crippen LogP contribution in [0.5, 0.6) is 0 Å². The van der Waals surface area contributed by atoms with E-state index in [0.717, 1.165) is 15.7 Å². The summed E-state index contributed by atoms with van der Waals surface area (Å²) in [5.74, 6) is -0.642. The first kappa shape index (κ1) is 16.8. The molecule has 0 aliphatic carbocycles. The van der Waals surface area contributed by atoms with Gasteiger partial charge in [0.05, 0.1) is 21.5 Å². The van der Waals surface area contributed by atoms with E-state index in [1.165, 1.54) is 6.92 Å². The number of amides is 1. The number of anilines is 1. The molecule has 8 nitrogen and oxygen atoms in total. The molecule has 0 aliphatic heterocycles. The van der Waals surface area contributed by atoms with Gasteiger partial charge in [0, 0.05) is 20.9 Å². The van der Waals surface area contributed by atoms with Crippen molar-refractivity contribution in [3.8, 4) is 0 Å². The molecule has 2 aromatic carbocycles. The van der Waals surface area contributed by atoms with Crippen molar-refractivity contribution in [2.75, 3.05) is 5.32 Å². The van der Waals surface area contributed by atoms with E-state index in [-0.39, 0.29) is 11.1 Å².